The number of aromatic nitrogens is 1. The summed E-state index contributed by atoms with van der Waals surface area (Å²) >= 11 is 0. The maximum Gasteiger partial charge on any atom is 0.312 e. The van der Waals surface area contributed by atoms with E-state index in [1.807, 2.05) is 18.3 Å². The number of rotatable bonds is 3. The number of carbonyl (C=O) groups excluding carboxylic acids is 1. The first kappa shape index (κ1) is 9.19. The predicted molar refractivity (Wildman–Crippen MR) is 51.6 cm³/mol. The highest BCUT2D eigenvalue weighted by Crippen LogP contribution is 2.49. The zero-order valence-corrected chi connectivity index (χ0v) is 8.19. The first-order chi connectivity index (χ1) is 6.77. The molecule has 0 radical (unpaired) electrons. The van der Waals surface area contributed by atoms with Crippen molar-refractivity contribution in [3.05, 3.63) is 30.1 Å². The van der Waals surface area contributed by atoms with Crippen molar-refractivity contribution in [1.82, 2.24) is 4.98 Å². The first-order valence-electron chi connectivity index (χ1n) is 4.74. The van der Waals surface area contributed by atoms with Crippen LogP contribution in [0.1, 0.15) is 18.4 Å². The van der Waals surface area contributed by atoms with Crippen LogP contribution in [0.5, 0.6) is 0 Å². The number of hydrogen-bond acceptors (Lipinski definition) is 3. The molecule has 3 nitrogen and oxygen atoms in total. The molecule has 1 fully saturated rings. The Bertz CT molecular complexity index is 330. The molecule has 1 aliphatic rings. The summed E-state index contributed by atoms with van der Waals surface area (Å²) in [5.41, 5.74) is 0.869. The smallest absolute Gasteiger partial charge is 0.312 e. The average molecular weight is 191 g/mol. The molecule has 0 spiro atoms. The summed E-state index contributed by atoms with van der Waals surface area (Å²) < 4.78 is 4.79. The van der Waals surface area contributed by atoms with Crippen LogP contribution in [0.25, 0.3) is 0 Å². The van der Waals surface area contributed by atoms with Gasteiger partial charge in [-0.05, 0) is 30.9 Å². The Morgan fingerprint density at radius 2 is 2.43 bits per heavy atom. The van der Waals surface area contributed by atoms with E-state index in [0.717, 1.165) is 24.8 Å². The van der Waals surface area contributed by atoms with Gasteiger partial charge in [0, 0.05) is 12.4 Å². The molecule has 0 atom stereocenters. The normalized spacial score (nSPS) is 17.5. The van der Waals surface area contributed by atoms with Crippen LogP contribution >= 0.6 is 0 Å². The Labute approximate surface area is 83.1 Å². The molecule has 0 aliphatic heterocycles. The number of pyridine rings is 1. The van der Waals surface area contributed by atoms with E-state index in [4.69, 9.17) is 4.74 Å². The van der Waals surface area contributed by atoms with Crippen molar-refractivity contribution in [2.75, 3.05) is 7.11 Å². The summed E-state index contributed by atoms with van der Waals surface area (Å²) in [6.07, 6.45) is 6.18. The quantitative estimate of drug-likeness (QED) is 0.681. The Kier molecular flexibility index (Phi) is 2.23. The topological polar surface area (TPSA) is 39.2 Å². The molecular formula is C11H13NO2. The zero-order chi connectivity index (χ0) is 10.0. The Hall–Kier alpha value is -1.38. The molecule has 1 heterocycles. The van der Waals surface area contributed by atoms with Crippen LogP contribution in [0, 0.1) is 5.41 Å². The molecule has 1 saturated carbocycles. The third-order valence-corrected chi connectivity index (χ3v) is 2.74. The van der Waals surface area contributed by atoms with Gasteiger partial charge in [0.1, 0.15) is 0 Å². The minimum atomic E-state index is -0.238. The van der Waals surface area contributed by atoms with Crippen LogP contribution in [0.4, 0.5) is 0 Å². The molecule has 14 heavy (non-hydrogen) atoms. The monoisotopic (exact) mass is 191 g/mol. The standard InChI is InChI=1S/C11H13NO2/c1-14-10(13)11(4-5-11)7-9-3-2-6-12-8-9/h2-3,6,8H,4-5,7H2,1H3. The second kappa shape index (κ2) is 3.40. The van der Waals surface area contributed by atoms with Crippen molar-refractivity contribution in [3.8, 4) is 0 Å². The molecule has 0 unspecified atom stereocenters. The minimum absolute atomic E-state index is 0.0821. The number of nitrogens with zero attached hydrogens (tertiary/aromatic N) is 1. The predicted octanol–water partition coefficient (Wildman–Crippen LogP) is 1.58. The van der Waals surface area contributed by atoms with Crippen molar-refractivity contribution < 1.29 is 9.53 Å². The lowest BCUT2D eigenvalue weighted by Crippen LogP contribution is -2.19. The number of methoxy groups -OCH3 is 1. The first-order valence-corrected chi connectivity index (χ1v) is 4.74. The van der Waals surface area contributed by atoms with Crippen LogP contribution in [0.2, 0.25) is 0 Å². The van der Waals surface area contributed by atoms with E-state index in [9.17, 15) is 4.79 Å². The summed E-state index contributed by atoms with van der Waals surface area (Å²) in [6, 6.07) is 3.89. The third kappa shape index (κ3) is 1.62. The fourth-order valence-corrected chi connectivity index (χ4v) is 1.71. The maximum absolute atomic E-state index is 11.5. The molecule has 0 saturated heterocycles. The van der Waals surface area contributed by atoms with E-state index >= 15 is 0 Å². The van der Waals surface area contributed by atoms with E-state index in [2.05, 4.69) is 4.98 Å². The van der Waals surface area contributed by atoms with Crippen LogP contribution < -0.4 is 0 Å². The fraction of sp³-hybridized carbons (Fsp3) is 0.455. The van der Waals surface area contributed by atoms with Crippen LogP contribution in [-0.2, 0) is 16.0 Å². The Morgan fingerprint density at radius 1 is 1.64 bits per heavy atom. The van der Waals surface area contributed by atoms with Gasteiger partial charge in [-0.1, -0.05) is 6.07 Å². The SMILES string of the molecule is COC(=O)C1(Cc2cccnc2)CC1. The molecule has 3 heteroatoms. The summed E-state index contributed by atoms with van der Waals surface area (Å²) in [7, 11) is 1.45. The molecular weight excluding hydrogens is 178 g/mol. The molecule has 1 aromatic rings. The summed E-state index contributed by atoms with van der Waals surface area (Å²) in [4.78, 5) is 15.5. The number of hydrogen-bond donors (Lipinski definition) is 0. The van der Waals surface area contributed by atoms with Gasteiger partial charge in [-0.2, -0.15) is 0 Å². The van der Waals surface area contributed by atoms with Gasteiger partial charge in [0.2, 0.25) is 0 Å². The lowest BCUT2D eigenvalue weighted by molar-refractivity contribution is -0.147. The fourth-order valence-electron chi connectivity index (χ4n) is 1.71. The van der Waals surface area contributed by atoms with Gasteiger partial charge in [0.05, 0.1) is 12.5 Å². The molecule has 0 aromatic carbocycles. The largest absolute Gasteiger partial charge is 0.469 e. The van der Waals surface area contributed by atoms with E-state index in [1.54, 1.807) is 6.20 Å². The maximum atomic E-state index is 11.5. The highest BCUT2D eigenvalue weighted by atomic mass is 16.5. The second-order valence-electron chi connectivity index (χ2n) is 3.81. The van der Waals surface area contributed by atoms with Crippen molar-refractivity contribution in [1.29, 1.82) is 0 Å². The Balaban J connectivity index is 2.08. The van der Waals surface area contributed by atoms with Crippen molar-refractivity contribution in [2.45, 2.75) is 19.3 Å². The van der Waals surface area contributed by atoms with Gasteiger partial charge < -0.3 is 4.74 Å². The lowest BCUT2D eigenvalue weighted by atomic mass is 9.98. The highest BCUT2D eigenvalue weighted by molar-refractivity contribution is 5.80. The van der Waals surface area contributed by atoms with Crippen LogP contribution in [-0.4, -0.2) is 18.1 Å². The van der Waals surface area contributed by atoms with E-state index < -0.39 is 0 Å². The van der Waals surface area contributed by atoms with Crippen molar-refractivity contribution in [2.24, 2.45) is 5.41 Å². The summed E-state index contributed by atoms with van der Waals surface area (Å²) in [5.74, 6) is -0.0821. The number of carbonyl (C=O) groups is 1. The number of esters is 1. The minimum Gasteiger partial charge on any atom is -0.469 e. The van der Waals surface area contributed by atoms with Crippen LogP contribution in [0.15, 0.2) is 24.5 Å². The van der Waals surface area contributed by atoms with E-state index in [1.165, 1.54) is 7.11 Å². The molecule has 0 N–H and O–H groups in total. The van der Waals surface area contributed by atoms with Gasteiger partial charge in [-0.3, -0.25) is 9.78 Å². The van der Waals surface area contributed by atoms with Gasteiger partial charge in [0.25, 0.3) is 0 Å². The Morgan fingerprint density at radius 3 is 2.93 bits per heavy atom. The van der Waals surface area contributed by atoms with E-state index in [0.29, 0.717) is 0 Å². The zero-order valence-electron chi connectivity index (χ0n) is 8.19. The van der Waals surface area contributed by atoms with E-state index in [-0.39, 0.29) is 11.4 Å². The molecule has 1 aliphatic carbocycles. The van der Waals surface area contributed by atoms with Gasteiger partial charge in [-0.15, -0.1) is 0 Å². The van der Waals surface area contributed by atoms with Gasteiger partial charge in [0.15, 0.2) is 0 Å². The molecule has 0 bridgehead atoms. The summed E-state index contributed by atoms with van der Waals surface area (Å²) in [6.45, 7) is 0. The summed E-state index contributed by atoms with van der Waals surface area (Å²) in [5, 5.41) is 0. The lowest BCUT2D eigenvalue weighted by Gasteiger charge is -2.11. The second-order valence-corrected chi connectivity index (χ2v) is 3.81. The van der Waals surface area contributed by atoms with Gasteiger partial charge in [-0.25, -0.2) is 0 Å². The molecule has 0 amide bonds. The van der Waals surface area contributed by atoms with Gasteiger partial charge >= 0.3 is 5.97 Å². The molecule has 2 rings (SSSR count). The third-order valence-electron chi connectivity index (χ3n) is 2.74. The van der Waals surface area contributed by atoms with Crippen LogP contribution in [0.3, 0.4) is 0 Å². The molecule has 1 aromatic heterocycles. The highest BCUT2D eigenvalue weighted by Gasteiger charge is 2.50. The average Bonchev–Trinajstić information content (AvgIpc) is 2.99. The van der Waals surface area contributed by atoms with Crippen molar-refractivity contribution in [3.63, 3.8) is 0 Å². The molecule has 74 valence electrons. The number of ether oxygens (including phenoxy) is 1. The van der Waals surface area contributed by atoms with Crippen molar-refractivity contribution >= 4 is 5.97 Å².